The summed E-state index contributed by atoms with van der Waals surface area (Å²) < 4.78 is 0. The smallest absolute Gasteiger partial charge is 0.323 e. The van der Waals surface area contributed by atoms with E-state index in [-0.39, 0.29) is 11.6 Å². The molecule has 4 N–H and O–H groups in total. The number of urea groups is 1. The monoisotopic (exact) mass is 490 g/mol. The van der Waals surface area contributed by atoms with Gasteiger partial charge in [0.2, 0.25) is 0 Å². The highest BCUT2D eigenvalue weighted by Gasteiger charge is 2.43. The van der Waals surface area contributed by atoms with Crippen LogP contribution in [0.4, 0.5) is 16.2 Å². The largest absolute Gasteiger partial charge is 0.367 e. The fraction of sp³-hybridized carbons (Fsp3) is 0.516. The fourth-order valence-electron chi connectivity index (χ4n) is 5.85. The Kier molecular flexibility index (Phi) is 9.61. The second-order valence-electron chi connectivity index (χ2n) is 10.0. The minimum absolute atomic E-state index is 0.0837. The Morgan fingerprint density at radius 1 is 1.06 bits per heavy atom. The zero-order valence-electron chi connectivity index (χ0n) is 23.0. The summed E-state index contributed by atoms with van der Waals surface area (Å²) in [4.78, 5) is 15.2. The minimum Gasteiger partial charge on any atom is -0.367 e. The molecule has 36 heavy (non-hydrogen) atoms. The summed E-state index contributed by atoms with van der Waals surface area (Å²) in [5.74, 6) is 0. The number of piperidine rings is 1. The molecule has 1 aliphatic carbocycles. The van der Waals surface area contributed by atoms with E-state index in [0.29, 0.717) is 6.04 Å². The average molecular weight is 491 g/mol. The molecule has 0 aromatic heterocycles. The Morgan fingerprint density at radius 2 is 1.81 bits per heavy atom. The predicted molar refractivity (Wildman–Crippen MR) is 155 cm³/mol. The topological polar surface area (TPSA) is 70.4 Å². The Labute approximate surface area is 218 Å². The molecule has 2 aromatic carbocycles. The van der Waals surface area contributed by atoms with Crippen molar-refractivity contribution in [1.82, 2.24) is 4.90 Å². The molecule has 2 atom stereocenters. The SMILES string of the molecule is C=C(c1ccc(NC(=O)Nc2ccc(CC)cc2CC)cc1C)N1CCCC2(N)CCCCC12.CC. The summed E-state index contributed by atoms with van der Waals surface area (Å²) in [6, 6.07) is 12.5. The van der Waals surface area contributed by atoms with Crippen LogP contribution in [0.5, 0.6) is 0 Å². The summed E-state index contributed by atoms with van der Waals surface area (Å²) in [6.45, 7) is 15.8. The van der Waals surface area contributed by atoms with Crippen molar-refractivity contribution in [3.63, 3.8) is 0 Å². The lowest BCUT2D eigenvalue weighted by atomic mass is 9.72. The van der Waals surface area contributed by atoms with E-state index in [1.54, 1.807) is 0 Å². The van der Waals surface area contributed by atoms with Gasteiger partial charge in [-0.3, -0.25) is 0 Å². The van der Waals surface area contributed by atoms with Gasteiger partial charge in [-0.2, -0.15) is 0 Å². The van der Waals surface area contributed by atoms with Crippen LogP contribution in [-0.4, -0.2) is 29.1 Å². The van der Waals surface area contributed by atoms with Gasteiger partial charge in [-0.25, -0.2) is 4.79 Å². The molecule has 2 amide bonds. The number of hydrogen-bond donors (Lipinski definition) is 3. The van der Waals surface area contributed by atoms with Gasteiger partial charge < -0.3 is 21.3 Å². The maximum absolute atomic E-state index is 12.7. The Morgan fingerprint density at radius 3 is 2.50 bits per heavy atom. The van der Waals surface area contributed by atoms with Crippen molar-refractivity contribution in [3.05, 3.63) is 65.2 Å². The van der Waals surface area contributed by atoms with Crippen LogP contribution in [0.1, 0.15) is 88.5 Å². The number of nitrogens with one attached hydrogen (secondary N) is 2. The van der Waals surface area contributed by atoms with Gasteiger partial charge in [0.05, 0.1) is 0 Å². The third-order valence-electron chi connectivity index (χ3n) is 7.80. The van der Waals surface area contributed by atoms with Crippen molar-refractivity contribution in [2.24, 2.45) is 5.73 Å². The first-order valence-electron chi connectivity index (χ1n) is 13.9. The van der Waals surface area contributed by atoms with E-state index in [4.69, 9.17) is 5.73 Å². The molecule has 2 aliphatic rings. The standard InChI is InChI=1S/C29H40N4O.C2H6/c1-5-22-11-14-26(23(6-2)19-22)32-28(34)31-24-12-13-25(20(3)18-24)21(4)33-17-9-16-29(30)15-8-7-10-27(29)33;1-2/h11-14,18-19,27H,4-10,15-17,30H2,1-3H3,(H2,31,32,34);1-2H3. The quantitative estimate of drug-likeness (QED) is 0.393. The average Bonchev–Trinajstić information content (AvgIpc) is 2.89. The van der Waals surface area contributed by atoms with Gasteiger partial charge in [0, 0.05) is 40.8 Å². The molecule has 0 bridgehead atoms. The number of aryl methyl sites for hydroxylation is 3. The molecule has 1 aliphatic heterocycles. The van der Waals surface area contributed by atoms with E-state index in [2.05, 4.69) is 61.1 Å². The summed E-state index contributed by atoms with van der Waals surface area (Å²) >= 11 is 0. The highest BCUT2D eigenvalue weighted by molar-refractivity contribution is 6.00. The van der Waals surface area contributed by atoms with Crippen LogP contribution in [0.15, 0.2) is 43.0 Å². The van der Waals surface area contributed by atoms with Crippen molar-refractivity contribution >= 4 is 23.1 Å². The van der Waals surface area contributed by atoms with Gasteiger partial charge in [-0.1, -0.05) is 65.3 Å². The van der Waals surface area contributed by atoms with Crippen LogP contribution in [0.2, 0.25) is 0 Å². The number of likely N-dealkylation sites (tertiary alicyclic amines) is 1. The highest BCUT2D eigenvalue weighted by atomic mass is 16.2. The molecular weight excluding hydrogens is 444 g/mol. The number of benzene rings is 2. The van der Waals surface area contributed by atoms with E-state index < -0.39 is 0 Å². The van der Waals surface area contributed by atoms with Crippen molar-refractivity contribution in [2.75, 3.05) is 17.2 Å². The highest BCUT2D eigenvalue weighted by Crippen LogP contribution is 2.40. The normalized spacial score (nSPS) is 21.1. The summed E-state index contributed by atoms with van der Waals surface area (Å²) in [5, 5.41) is 6.01. The molecule has 2 aromatic rings. The number of hydrogen-bond acceptors (Lipinski definition) is 3. The van der Waals surface area contributed by atoms with Gasteiger partial charge in [0.1, 0.15) is 0 Å². The Balaban J connectivity index is 0.00000176. The lowest BCUT2D eigenvalue weighted by molar-refractivity contribution is 0.0821. The molecule has 1 saturated heterocycles. The second kappa shape index (κ2) is 12.4. The van der Waals surface area contributed by atoms with E-state index in [1.165, 1.54) is 18.4 Å². The van der Waals surface area contributed by atoms with Crippen LogP contribution in [0.3, 0.4) is 0 Å². The number of anilines is 2. The van der Waals surface area contributed by atoms with Crippen molar-refractivity contribution in [1.29, 1.82) is 0 Å². The van der Waals surface area contributed by atoms with Crippen molar-refractivity contribution in [3.8, 4) is 0 Å². The van der Waals surface area contributed by atoms with Crippen molar-refractivity contribution in [2.45, 2.75) is 97.6 Å². The van der Waals surface area contributed by atoms with Gasteiger partial charge in [0.15, 0.2) is 0 Å². The Hall–Kier alpha value is -2.79. The molecule has 5 nitrogen and oxygen atoms in total. The van der Waals surface area contributed by atoms with Gasteiger partial charge >= 0.3 is 6.03 Å². The first kappa shape index (κ1) is 27.8. The van der Waals surface area contributed by atoms with Gasteiger partial charge in [-0.05, 0) is 80.3 Å². The minimum atomic E-state index is -0.226. The maximum Gasteiger partial charge on any atom is 0.323 e. The third-order valence-corrected chi connectivity index (χ3v) is 7.80. The molecule has 1 saturated carbocycles. The lowest BCUT2D eigenvalue weighted by Gasteiger charge is -2.52. The zero-order valence-corrected chi connectivity index (χ0v) is 23.0. The van der Waals surface area contributed by atoms with E-state index in [1.807, 2.05) is 32.0 Å². The summed E-state index contributed by atoms with van der Waals surface area (Å²) in [6.07, 6.45) is 8.82. The summed E-state index contributed by atoms with van der Waals surface area (Å²) in [7, 11) is 0. The molecule has 196 valence electrons. The molecule has 0 spiro atoms. The number of carbonyl (C=O) groups is 1. The number of rotatable bonds is 6. The number of amides is 2. The molecule has 2 fully saturated rings. The Bertz CT molecular complexity index is 1060. The first-order chi connectivity index (χ1) is 17.3. The first-order valence-corrected chi connectivity index (χ1v) is 13.9. The maximum atomic E-state index is 12.7. The molecule has 5 heteroatoms. The van der Waals surface area contributed by atoms with Crippen LogP contribution in [0, 0.1) is 6.92 Å². The van der Waals surface area contributed by atoms with E-state index >= 15 is 0 Å². The van der Waals surface area contributed by atoms with Gasteiger partial charge in [0.25, 0.3) is 0 Å². The lowest BCUT2D eigenvalue weighted by Crippen LogP contribution is -2.62. The van der Waals surface area contributed by atoms with E-state index in [9.17, 15) is 4.79 Å². The van der Waals surface area contributed by atoms with E-state index in [0.717, 1.165) is 78.8 Å². The third kappa shape index (κ3) is 6.12. The second-order valence-corrected chi connectivity index (χ2v) is 10.0. The number of nitrogens with zero attached hydrogens (tertiary/aromatic N) is 1. The van der Waals surface area contributed by atoms with Gasteiger partial charge in [-0.15, -0.1) is 0 Å². The fourth-order valence-corrected chi connectivity index (χ4v) is 5.85. The van der Waals surface area contributed by atoms with Crippen LogP contribution in [0.25, 0.3) is 5.70 Å². The molecule has 2 unspecified atom stereocenters. The predicted octanol–water partition coefficient (Wildman–Crippen LogP) is 7.50. The van der Waals surface area contributed by atoms with Crippen LogP contribution in [-0.2, 0) is 12.8 Å². The molecular formula is C31H46N4O. The van der Waals surface area contributed by atoms with Crippen LogP contribution >= 0.6 is 0 Å². The molecule has 4 rings (SSSR count). The zero-order chi connectivity index (χ0) is 26.3. The summed E-state index contributed by atoms with van der Waals surface area (Å²) in [5.41, 5.74) is 14.1. The molecule has 1 heterocycles. The van der Waals surface area contributed by atoms with Crippen molar-refractivity contribution < 1.29 is 4.79 Å². The van der Waals surface area contributed by atoms with Crippen LogP contribution < -0.4 is 16.4 Å². The number of nitrogens with two attached hydrogens (primary N) is 1. The number of fused-ring (bicyclic) bond motifs is 1. The number of carbonyl (C=O) groups excluding carboxylic acids is 1. The molecule has 0 radical (unpaired) electrons.